The van der Waals surface area contributed by atoms with Gasteiger partial charge >= 0.3 is 17.8 Å². The van der Waals surface area contributed by atoms with Gasteiger partial charge in [0.2, 0.25) is 5.95 Å². The molecule has 0 saturated carbocycles. The Morgan fingerprint density at radius 1 is 1.09 bits per heavy atom. The number of alkyl carbamates (subject to hydrolysis) is 1. The van der Waals surface area contributed by atoms with E-state index in [2.05, 4.69) is 5.32 Å². The number of piperidine rings is 1. The molecule has 13 heteroatoms. The number of amides is 1. The Kier molecular flexibility index (Phi) is 9.99. The number of nitrogens with one attached hydrogen (secondary N) is 1. The van der Waals surface area contributed by atoms with Crippen molar-refractivity contribution in [2.75, 3.05) is 24.6 Å². The van der Waals surface area contributed by atoms with Crippen molar-refractivity contribution < 1.29 is 23.9 Å². The lowest BCUT2D eigenvalue weighted by Gasteiger charge is -2.34. The number of fused-ring (bicyclic) bond motifs is 1. The first kappa shape index (κ1) is 33.2. The predicted molar refractivity (Wildman–Crippen MR) is 170 cm³/mol. The molecule has 0 bridgehead atoms. The minimum Gasteiger partial charge on any atom is -0.462 e. The minimum absolute atomic E-state index is 0.0561. The summed E-state index contributed by atoms with van der Waals surface area (Å²) >= 11 is 0. The first-order chi connectivity index (χ1) is 21.2. The molecule has 3 heterocycles. The molecule has 1 aliphatic heterocycles. The number of aromatic nitrogens is 4. The molecule has 1 unspecified atom stereocenters. The Hall–Kier alpha value is -4.68. The zero-order valence-corrected chi connectivity index (χ0v) is 27.0. The Morgan fingerprint density at radius 3 is 2.42 bits per heavy atom. The average molecular weight is 623 g/mol. The summed E-state index contributed by atoms with van der Waals surface area (Å²) in [6.45, 7) is 11.8. The van der Waals surface area contributed by atoms with E-state index in [1.807, 2.05) is 24.8 Å². The van der Waals surface area contributed by atoms with E-state index in [4.69, 9.17) is 14.5 Å². The number of allylic oxidation sites excluding steroid dienone is 2. The van der Waals surface area contributed by atoms with Gasteiger partial charge in [0.15, 0.2) is 16.9 Å². The zero-order valence-electron chi connectivity index (χ0n) is 27.0. The molecule has 1 fully saturated rings. The average Bonchev–Trinajstić information content (AvgIpc) is 3.36. The maximum atomic E-state index is 14.0. The van der Waals surface area contributed by atoms with Gasteiger partial charge in [-0.2, -0.15) is 4.98 Å². The van der Waals surface area contributed by atoms with Crippen molar-refractivity contribution in [3.63, 3.8) is 0 Å². The van der Waals surface area contributed by atoms with Gasteiger partial charge in [-0.1, -0.05) is 29.8 Å². The highest BCUT2D eigenvalue weighted by molar-refractivity contribution is 6.06. The highest BCUT2D eigenvalue weighted by Gasteiger charge is 2.29. The van der Waals surface area contributed by atoms with Crippen LogP contribution >= 0.6 is 0 Å². The van der Waals surface area contributed by atoms with Gasteiger partial charge in [-0.15, -0.1) is 0 Å². The lowest BCUT2D eigenvalue weighted by atomic mass is 10.0. The van der Waals surface area contributed by atoms with E-state index in [-0.39, 0.29) is 34.9 Å². The van der Waals surface area contributed by atoms with E-state index in [0.717, 1.165) is 23.0 Å². The zero-order chi connectivity index (χ0) is 33.1. The van der Waals surface area contributed by atoms with Crippen LogP contribution < -0.4 is 21.5 Å². The molecule has 1 atom stereocenters. The molecule has 0 radical (unpaired) electrons. The fourth-order valence-electron chi connectivity index (χ4n) is 5.28. The van der Waals surface area contributed by atoms with Crippen molar-refractivity contribution in [1.29, 1.82) is 0 Å². The molecule has 45 heavy (non-hydrogen) atoms. The third kappa shape index (κ3) is 7.52. The maximum Gasteiger partial charge on any atom is 0.407 e. The smallest absolute Gasteiger partial charge is 0.407 e. The molecule has 1 saturated heterocycles. The highest BCUT2D eigenvalue weighted by Crippen LogP contribution is 2.24. The van der Waals surface area contributed by atoms with Gasteiger partial charge < -0.3 is 24.3 Å². The second-order valence-electron chi connectivity index (χ2n) is 12.3. The SMILES string of the molecule is CCOC(=O)c1ccccc1C(=O)Cn1c(=O)c2c(nc(N3CCCC(NC(=O)OC(C)(C)C)C3)n2CC=C(C)C)n(C)c1=O. The minimum atomic E-state index is -0.712. The number of esters is 1. The number of imidazole rings is 1. The second-order valence-corrected chi connectivity index (χ2v) is 12.3. The Bertz CT molecular complexity index is 1750. The number of hydrogen-bond donors (Lipinski definition) is 1. The number of Topliss-reactive ketones (excluding diaryl/α,β-unsaturated/α-hetero) is 1. The van der Waals surface area contributed by atoms with Crippen molar-refractivity contribution in [2.45, 2.75) is 79.1 Å². The molecule has 1 aromatic carbocycles. The first-order valence-corrected chi connectivity index (χ1v) is 15.1. The number of ketones is 1. The third-order valence-electron chi connectivity index (χ3n) is 7.34. The molecular weight excluding hydrogens is 580 g/mol. The van der Waals surface area contributed by atoms with Gasteiger partial charge in [-0.25, -0.2) is 14.4 Å². The van der Waals surface area contributed by atoms with Crippen molar-refractivity contribution in [2.24, 2.45) is 7.05 Å². The molecular formula is C32H42N6O7. The van der Waals surface area contributed by atoms with Crippen LogP contribution in [0.5, 0.6) is 0 Å². The molecule has 3 aromatic rings. The number of anilines is 1. The number of carbonyl (C=O) groups excluding carboxylic acids is 3. The number of hydrogen-bond acceptors (Lipinski definition) is 9. The standard InChI is InChI=1S/C32H42N6O7/c1-8-44-28(41)23-14-10-9-13-22(23)24(39)19-38-27(40)25-26(35(7)31(38)43)34-29(37(25)17-15-20(2)3)36-16-11-12-21(18-36)33-30(42)45-32(4,5)6/h9-10,13-15,21H,8,11-12,16-19H2,1-7H3,(H,33,42). The number of benzene rings is 1. The van der Waals surface area contributed by atoms with E-state index < -0.39 is 41.2 Å². The van der Waals surface area contributed by atoms with Crippen LogP contribution in [0.2, 0.25) is 0 Å². The van der Waals surface area contributed by atoms with Gasteiger partial charge in [0.25, 0.3) is 5.56 Å². The molecule has 0 aliphatic carbocycles. The van der Waals surface area contributed by atoms with Gasteiger partial charge in [0.1, 0.15) is 5.60 Å². The van der Waals surface area contributed by atoms with Crippen molar-refractivity contribution in [3.05, 3.63) is 67.9 Å². The number of aryl methyl sites for hydroxylation is 1. The molecule has 2 aromatic heterocycles. The van der Waals surface area contributed by atoms with E-state index in [0.29, 0.717) is 25.6 Å². The van der Waals surface area contributed by atoms with E-state index in [1.54, 1.807) is 44.4 Å². The van der Waals surface area contributed by atoms with Crippen LogP contribution in [-0.2, 0) is 29.6 Å². The number of rotatable bonds is 9. The summed E-state index contributed by atoms with van der Waals surface area (Å²) in [5, 5.41) is 2.93. The Morgan fingerprint density at radius 2 is 1.78 bits per heavy atom. The second kappa shape index (κ2) is 13.5. The van der Waals surface area contributed by atoms with E-state index in [9.17, 15) is 24.0 Å². The Balaban J connectivity index is 1.76. The summed E-state index contributed by atoms with van der Waals surface area (Å²) in [5.41, 5.74) is -0.539. The van der Waals surface area contributed by atoms with Crippen LogP contribution in [0.15, 0.2) is 45.5 Å². The quantitative estimate of drug-likeness (QED) is 0.215. The third-order valence-corrected chi connectivity index (χ3v) is 7.34. The molecule has 1 aliphatic rings. The Labute approximate surface area is 261 Å². The van der Waals surface area contributed by atoms with Crippen LogP contribution in [0.3, 0.4) is 0 Å². The lowest BCUT2D eigenvalue weighted by Crippen LogP contribution is -2.49. The fourth-order valence-corrected chi connectivity index (χ4v) is 5.28. The lowest BCUT2D eigenvalue weighted by molar-refractivity contribution is 0.0496. The van der Waals surface area contributed by atoms with Crippen molar-refractivity contribution in [3.8, 4) is 0 Å². The topological polar surface area (TPSA) is 147 Å². The van der Waals surface area contributed by atoms with Crippen molar-refractivity contribution in [1.82, 2.24) is 24.0 Å². The summed E-state index contributed by atoms with van der Waals surface area (Å²) in [6.07, 6.45) is 2.93. The molecule has 242 valence electrons. The van der Waals surface area contributed by atoms with Gasteiger partial charge in [-0.05, 0) is 60.5 Å². The van der Waals surface area contributed by atoms with E-state index in [1.165, 1.54) is 23.7 Å². The summed E-state index contributed by atoms with van der Waals surface area (Å²) in [4.78, 5) is 72.7. The molecule has 13 nitrogen and oxygen atoms in total. The first-order valence-electron chi connectivity index (χ1n) is 15.1. The maximum absolute atomic E-state index is 14.0. The van der Waals surface area contributed by atoms with Crippen LogP contribution in [-0.4, -0.2) is 67.9 Å². The summed E-state index contributed by atoms with van der Waals surface area (Å²) < 4.78 is 14.4. The van der Waals surface area contributed by atoms with Crippen LogP contribution in [0.1, 0.15) is 75.1 Å². The highest BCUT2D eigenvalue weighted by atomic mass is 16.6. The predicted octanol–water partition coefficient (Wildman–Crippen LogP) is 3.42. The molecule has 1 N–H and O–H groups in total. The fraction of sp³-hybridized carbons (Fsp3) is 0.500. The van der Waals surface area contributed by atoms with Crippen molar-refractivity contribution >= 4 is 35.0 Å². The summed E-state index contributed by atoms with van der Waals surface area (Å²) in [7, 11) is 1.50. The van der Waals surface area contributed by atoms with Crippen LogP contribution in [0.4, 0.5) is 10.7 Å². The van der Waals surface area contributed by atoms with Gasteiger partial charge in [-0.3, -0.25) is 18.7 Å². The van der Waals surface area contributed by atoms with Gasteiger partial charge in [0, 0.05) is 38.3 Å². The monoisotopic (exact) mass is 622 g/mol. The number of ether oxygens (including phenoxy) is 2. The number of nitrogens with zero attached hydrogens (tertiary/aromatic N) is 5. The van der Waals surface area contributed by atoms with Crippen LogP contribution in [0.25, 0.3) is 11.2 Å². The van der Waals surface area contributed by atoms with E-state index >= 15 is 0 Å². The normalized spacial score (nSPS) is 15.1. The molecule has 0 spiro atoms. The molecule has 1 amide bonds. The molecule has 4 rings (SSSR count). The summed E-state index contributed by atoms with van der Waals surface area (Å²) in [5.74, 6) is -0.774. The summed E-state index contributed by atoms with van der Waals surface area (Å²) in [6, 6.07) is 5.93. The van der Waals surface area contributed by atoms with Gasteiger partial charge in [0.05, 0.1) is 18.7 Å². The largest absolute Gasteiger partial charge is 0.462 e. The number of carbonyl (C=O) groups is 3. The van der Waals surface area contributed by atoms with Crippen LogP contribution in [0, 0.1) is 0 Å².